The second kappa shape index (κ2) is 27.6. The highest BCUT2D eigenvalue weighted by atomic mass is 16.8. The topological polar surface area (TPSA) is 46.8 Å². The molecule has 0 N–H and O–H groups in total. The van der Waals surface area contributed by atoms with E-state index in [1.165, 1.54) is 173 Å². The molecule has 2 unspecified atom stereocenters. The third-order valence-electron chi connectivity index (χ3n) is 10.4. The number of ether oxygens (including phenoxy) is 4. The summed E-state index contributed by atoms with van der Waals surface area (Å²) in [4.78, 5) is 2.50. The van der Waals surface area contributed by atoms with Crippen molar-refractivity contribution in [3.8, 4) is 0 Å². The average Bonchev–Trinajstić information content (AvgIpc) is 3.99. The molecular weight excluding hydrogens is 570 g/mol. The molecule has 5 heteroatoms. The summed E-state index contributed by atoms with van der Waals surface area (Å²) in [6.07, 6.45) is 38.3. The van der Waals surface area contributed by atoms with Crippen LogP contribution in [0.1, 0.15) is 207 Å². The standard InChI is InChI=1S/C41H81NO4/c1-5-8-11-14-17-23-28-36-43-40(37-44-40)33-29-35-42(4)34-27-22-18-21-26-32-41(38-45-41)46-39(30-24-19-15-12-9-6-2)31-25-20-16-13-10-7-3/h39H,5-38H2,1-4H3. The minimum absolute atomic E-state index is 0.238. The van der Waals surface area contributed by atoms with Gasteiger partial charge in [-0.1, -0.05) is 156 Å². The summed E-state index contributed by atoms with van der Waals surface area (Å²) >= 11 is 0. The van der Waals surface area contributed by atoms with Crippen LogP contribution in [0.3, 0.4) is 0 Å². The second-order valence-electron chi connectivity index (χ2n) is 15.1. The molecule has 0 aliphatic carbocycles. The number of hydrogen-bond donors (Lipinski definition) is 0. The van der Waals surface area contributed by atoms with Crippen LogP contribution < -0.4 is 0 Å². The van der Waals surface area contributed by atoms with E-state index in [2.05, 4.69) is 32.7 Å². The van der Waals surface area contributed by atoms with Crippen LogP contribution in [0.2, 0.25) is 0 Å². The molecule has 2 saturated heterocycles. The molecule has 0 radical (unpaired) electrons. The van der Waals surface area contributed by atoms with E-state index in [1.807, 2.05) is 0 Å². The molecule has 0 aromatic heterocycles. The molecule has 0 aromatic rings. The van der Waals surface area contributed by atoms with Crippen molar-refractivity contribution in [1.29, 1.82) is 0 Å². The predicted octanol–water partition coefficient (Wildman–Crippen LogP) is 12.1. The third-order valence-corrected chi connectivity index (χ3v) is 10.4. The van der Waals surface area contributed by atoms with Crippen LogP contribution in [0.5, 0.6) is 0 Å². The van der Waals surface area contributed by atoms with Gasteiger partial charge in [-0.15, -0.1) is 0 Å². The first-order valence-corrected chi connectivity index (χ1v) is 20.8. The molecule has 0 bridgehead atoms. The van der Waals surface area contributed by atoms with Crippen LogP contribution in [-0.2, 0) is 18.9 Å². The smallest absolute Gasteiger partial charge is 0.192 e. The Morgan fingerprint density at radius 3 is 1.43 bits per heavy atom. The molecule has 0 spiro atoms. The highest BCUT2D eigenvalue weighted by Crippen LogP contribution is 2.38. The molecule has 2 heterocycles. The Morgan fingerprint density at radius 1 is 0.500 bits per heavy atom. The first-order valence-electron chi connectivity index (χ1n) is 20.8. The zero-order valence-corrected chi connectivity index (χ0v) is 31.7. The molecule has 0 saturated carbocycles. The predicted molar refractivity (Wildman–Crippen MR) is 197 cm³/mol. The zero-order chi connectivity index (χ0) is 33.0. The van der Waals surface area contributed by atoms with Gasteiger partial charge >= 0.3 is 0 Å². The number of epoxide rings is 2. The van der Waals surface area contributed by atoms with Gasteiger partial charge in [-0.05, 0) is 58.7 Å². The van der Waals surface area contributed by atoms with E-state index in [0.717, 1.165) is 45.6 Å². The summed E-state index contributed by atoms with van der Waals surface area (Å²) in [5, 5.41) is 0. The van der Waals surface area contributed by atoms with Crippen molar-refractivity contribution in [2.24, 2.45) is 0 Å². The summed E-state index contributed by atoms with van der Waals surface area (Å²) in [7, 11) is 2.28. The van der Waals surface area contributed by atoms with E-state index in [4.69, 9.17) is 18.9 Å². The summed E-state index contributed by atoms with van der Waals surface area (Å²) < 4.78 is 24.6. The van der Waals surface area contributed by atoms with Gasteiger partial charge in [-0.3, -0.25) is 0 Å². The minimum Gasteiger partial charge on any atom is -0.348 e. The highest BCUT2D eigenvalue weighted by Gasteiger charge is 2.47. The van der Waals surface area contributed by atoms with Gasteiger partial charge < -0.3 is 23.8 Å². The van der Waals surface area contributed by atoms with E-state index < -0.39 is 0 Å². The van der Waals surface area contributed by atoms with Crippen LogP contribution in [-0.4, -0.2) is 62.5 Å². The molecule has 2 rings (SSSR count). The van der Waals surface area contributed by atoms with Crippen molar-refractivity contribution in [3.63, 3.8) is 0 Å². The quantitative estimate of drug-likeness (QED) is 0.0494. The molecule has 274 valence electrons. The molecule has 2 aliphatic heterocycles. The fourth-order valence-corrected chi connectivity index (χ4v) is 6.96. The lowest BCUT2D eigenvalue weighted by Gasteiger charge is -2.23. The first kappa shape index (κ1) is 42.0. The lowest BCUT2D eigenvalue weighted by Crippen LogP contribution is -2.25. The fourth-order valence-electron chi connectivity index (χ4n) is 6.96. The molecule has 0 amide bonds. The number of nitrogens with zero attached hydrogens (tertiary/aromatic N) is 1. The van der Waals surface area contributed by atoms with Gasteiger partial charge in [0.25, 0.3) is 0 Å². The van der Waals surface area contributed by atoms with Crippen LogP contribution in [0.15, 0.2) is 0 Å². The van der Waals surface area contributed by atoms with Gasteiger partial charge in [0.1, 0.15) is 13.2 Å². The molecule has 0 aromatic carbocycles. The lowest BCUT2D eigenvalue weighted by atomic mass is 10.0. The monoisotopic (exact) mass is 652 g/mol. The van der Waals surface area contributed by atoms with Crippen LogP contribution >= 0.6 is 0 Å². The Kier molecular flexibility index (Phi) is 25.2. The summed E-state index contributed by atoms with van der Waals surface area (Å²) in [6, 6.07) is 0. The Balaban J connectivity index is 1.48. The normalized spacial score (nSPS) is 20.7. The summed E-state index contributed by atoms with van der Waals surface area (Å²) in [6.45, 7) is 11.7. The van der Waals surface area contributed by atoms with E-state index in [1.54, 1.807) is 0 Å². The number of hydrogen-bond acceptors (Lipinski definition) is 5. The maximum atomic E-state index is 6.73. The van der Waals surface area contributed by atoms with E-state index in [9.17, 15) is 0 Å². The number of rotatable bonds is 37. The second-order valence-corrected chi connectivity index (χ2v) is 15.1. The average molecular weight is 652 g/mol. The molecule has 2 atom stereocenters. The van der Waals surface area contributed by atoms with Gasteiger partial charge in [0.05, 0.1) is 12.7 Å². The summed E-state index contributed by atoms with van der Waals surface area (Å²) in [5.74, 6) is -0.478. The SMILES string of the molecule is CCCCCCCCCOC1(CCCN(C)CCCCCCCC2(OC(CCCCCCCC)CCCCCCCC)CO2)CO1. The van der Waals surface area contributed by atoms with Crippen molar-refractivity contribution in [2.45, 2.75) is 225 Å². The van der Waals surface area contributed by atoms with Crippen molar-refractivity contribution >= 4 is 0 Å². The Bertz CT molecular complexity index is 649. The van der Waals surface area contributed by atoms with Crippen molar-refractivity contribution in [3.05, 3.63) is 0 Å². The van der Waals surface area contributed by atoms with Gasteiger partial charge in [0.2, 0.25) is 0 Å². The molecular formula is C41H81NO4. The molecule has 2 aliphatic rings. The van der Waals surface area contributed by atoms with Crippen molar-refractivity contribution in [2.75, 3.05) is 40.0 Å². The summed E-state index contributed by atoms with van der Waals surface area (Å²) in [5.41, 5.74) is 0. The third kappa shape index (κ3) is 22.4. The van der Waals surface area contributed by atoms with Gasteiger partial charge in [0.15, 0.2) is 11.6 Å². The Morgan fingerprint density at radius 2 is 0.913 bits per heavy atom. The maximum absolute atomic E-state index is 6.73. The first-order chi connectivity index (χ1) is 22.6. The van der Waals surface area contributed by atoms with Crippen LogP contribution in [0.25, 0.3) is 0 Å². The Hall–Kier alpha value is -0.200. The van der Waals surface area contributed by atoms with E-state index in [-0.39, 0.29) is 11.6 Å². The Labute approximate surface area is 288 Å². The maximum Gasteiger partial charge on any atom is 0.192 e. The minimum atomic E-state index is -0.240. The number of unbranched alkanes of at least 4 members (excludes halogenated alkanes) is 20. The van der Waals surface area contributed by atoms with Crippen molar-refractivity contribution < 1.29 is 18.9 Å². The van der Waals surface area contributed by atoms with Gasteiger partial charge in [-0.2, -0.15) is 0 Å². The van der Waals surface area contributed by atoms with Crippen LogP contribution in [0, 0.1) is 0 Å². The van der Waals surface area contributed by atoms with Gasteiger partial charge in [0, 0.05) is 12.8 Å². The van der Waals surface area contributed by atoms with Crippen LogP contribution in [0.4, 0.5) is 0 Å². The van der Waals surface area contributed by atoms with E-state index in [0.29, 0.717) is 6.10 Å². The molecule has 46 heavy (non-hydrogen) atoms. The molecule has 2 fully saturated rings. The highest BCUT2D eigenvalue weighted by molar-refractivity contribution is 4.84. The van der Waals surface area contributed by atoms with Crippen molar-refractivity contribution in [1.82, 2.24) is 4.90 Å². The van der Waals surface area contributed by atoms with E-state index >= 15 is 0 Å². The zero-order valence-electron chi connectivity index (χ0n) is 31.7. The molecule has 5 nitrogen and oxygen atoms in total. The largest absolute Gasteiger partial charge is 0.348 e. The lowest BCUT2D eigenvalue weighted by molar-refractivity contribution is -0.102. The van der Waals surface area contributed by atoms with Gasteiger partial charge in [-0.25, -0.2) is 0 Å². The fraction of sp³-hybridized carbons (Fsp3) is 1.00.